The van der Waals surface area contributed by atoms with Gasteiger partial charge in [0.25, 0.3) is 0 Å². The number of rotatable bonds is 3. The third kappa shape index (κ3) is 2.64. The molecule has 0 bridgehead atoms. The number of pyridine rings is 2. The Kier molecular flexibility index (Phi) is 3.63. The van der Waals surface area contributed by atoms with E-state index in [0.29, 0.717) is 0 Å². The van der Waals surface area contributed by atoms with Crippen molar-refractivity contribution in [3.8, 4) is 0 Å². The normalized spacial score (nSPS) is 12.4. The van der Waals surface area contributed by atoms with Gasteiger partial charge in [-0.15, -0.1) is 0 Å². The summed E-state index contributed by atoms with van der Waals surface area (Å²) in [5, 5.41) is 0. The number of imidazole rings is 1. The quantitative estimate of drug-likeness (QED) is 0.546. The molecule has 112 valence electrons. The lowest BCUT2D eigenvalue weighted by molar-refractivity contribution is 0.676. The molecule has 0 aliphatic rings. The van der Waals surface area contributed by atoms with E-state index in [2.05, 4.69) is 47.6 Å². The van der Waals surface area contributed by atoms with Crippen molar-refractivity contribution in [1.82, 2.24) is 19.5 Å². The molecule has 1 atom stereocenters. The largest absolute Gasteiger partial charge is 0.316 e. The summed E-state index contributed by atoms with van der Waals surface area (Å²) in [5.74, 6) is 0. The van der Waals surface area contributed by atoms with Crippen LogP contribution in [0.15, 0.2) is 77.8 Å². The highest BCUT2D eigenvalue weighted by Gasteiger charge is 2.20. The monoisotopic (exact) mass is 364 g/mol. The zero-order chi connectivity index (χ0) is 15.6. The molecule has 0 aliphatic heterocycles. The molecular weight excluding hydrogens is 352 g/mol. The Bertz CT molecular complexity index is 896. The summed E-state index contributed by atoms with van der Waals surface area (Å²) in [5.41, 5.74) is 3.83. The smallest absolute Gasteiger partial charge is 0.177 e. The molecule has 5 heteroatoms. The van der Waals surface area contributed by atoms with Crippen molar-refractivity contribution in [3.05, 3.63) is 89.0 Å². The van der Waals surface area contributed by atoms with Crippen LogP contribution in [0.3, 0.4) is 0 Å². The molecule has 0 saturated heterocycles. The maximum atomic E-state index is 4.56. The predicted octanol–water partition coefficient (Wildman–Crippen LogP) is 4.23. The summed E-state index contributed by atoms with van der Waals surface area (Å²) in [6, 6.07) is 18.3. The fourth-order valence-electron chi connectivity index (χ4n) is 2.74. The molecular formula is C18H13BrN4. The summed E-state index contributed by atoms with van der Waals surface area (Å²) in [6.07, 6.45) is 5.41. The number of benzene rings is 1. The van der Waals surface area contributed by atoms with Crippen LogP contribution in [0.4, 0.5) is 0 Å². The number of halogens is 1. The minimum absolute atomic E-state index is 0.0431. The highest BCUT2D eigenvalue weighted by atomic mass is 79.9. The Morgan fingerprint density at radius 1 is 0.913 bits per heavy atom. The van der Waals surface area contributed by atoms with E-state index in [1.54, 1.807) is 6.20 Å². The summed E-state index contributed by atoms with van der Waals surface area (Å²) < 4.78 is 3.05. The van der Waals surface area contributed by atoms with Gasteiger partial charge in [-0.05, 0) is 39.7 Å². The summed E-state index contributed by atoms with van der Waals surface area (Å²) in [7, 11) is 0. The van der Waals surface area contributed by atoms with Gasteiger partial charge in [-0.25, -0.2) is 9.97 Å². The standard InChI is InChI=1S/C18H13BrN4/c19-14-10-16-18(21-11-14)22-12-23(16)17(13-6-2-1-3-7-13)15-8-4-5-9-20-15/h1-12,17H. The van der Waals surface area contributed by atoms with Crippen LogP contribution in [-0.2, 0) is 0 Å². The summed E-state index contributed by atoms with van der Waals surface area (Å²) in [6.45, 7) is 0. The fourth-order valence-corrected chi connectivity index (χ4v) is 3.06. The van der Waals surface area contributed by atoms with Gasteiger partial charge in [-0.2, -0.15) is 0 Å². The lowest BCUT2D eigenvalue weighted by Gasteiger charge is -2.19. The Morgan fingerprint density at radius 3 is 2.52 bits per heavy atom. The zero-order valence-corrected chi connectivity index (χ0v) is 13.8. The van der Waals surface area contributed by atoms with Gasteiger partial charge in [-0.3, -0.25) is 4.98 Å². The molecule has 4 rings (SSSR count). The molecule has 0 radical (unpaired) electrons. The average Bonchev–Trinajstić information content (AvgIpc) is 3.00. The van der Waals surface area contributed by atoms with Crippen molar-refractivity contribution in [2.24, 2.45) is 0 Å². The molecule has 4 aromatic rings. The lowest BCUT2D eigenvalue weighted by atomic mass is 10.0. The molecule has 1 unspecified atom stereocenters. The van der Waals surface area contributed by atoms with Crippen molar-refractivity contribution in [3.63, 3.8) is 0 Å². The van der Waals surface area contributed by atoms with Crippen molar-refractivity contribution in [1.29, 1.82) is 0 Å². The minimum Gasteiger partial charge on any atom is -0.316 e. The second-order valence-corrected chi connectivity index (χ2v) is 6.13. The zero-order valence-electron chi connectivity index (χ0n) is 12.2. The number of aromatic nitrogens is 4. The number of nitrogens with zero attached hydrogens (tertiary/aromatic N) is 4. The maximum Gasteiger partial charge on any atom is 0.177 e. The van der Waals surface area contributed by atoms with Gasteiger partial charge >= 0.3 is 0 Å². The molecule has 0 fully saturated rings. The van der Waals surface area contributed by atoms with E-state index in [9.17, 15) is 0 Å². The fraction of sp³-hybridized carbons (Fsp3) is 0.0556. The van der Waals surface area contributed by atoms with E-state index in [1.807, 2.05) is 55.0 Å². The van der Waals surface area contributed by atoms with Gasteiger partial charge in [0.1, 0.15) is 6.04 Å². The van der Waals surface area contributed by atoms with Crippen LogP contribution in [0.1, 0.15) is 17.3 Å². The molecule has 3 aromatic heterocycles. The van der Waals surface area contributed by atoms with Crippen LogP contribution in [-0.4, -0.2) is 19.5 Å². The van der Waals surface area contributed by atoms with Crippen LogP contribution >= 0.6 is 15.9 Å². The maximum absolute atomic E-state index is 4.56. The first-order chi connectivity index (χ1) is 11.3. The number of hydrogen-bond acceptors (Lipinski definition) is 3. The van der Waals surface area contributed by atoms with Gasteiger partial charge in [0.2, 0.25) is 0 Å². The minimum atomic E-state index is -0.0431. The van der Waals surface area contributed by atoms with E-state index < -0.39 is 0 Å². The molecule has 1 aromatic carbocycles. The van der Waals surface area contributed by atoms with Crippen molar-refractivity contribution in [2.45, 2.75) is 6.04 Å². The van der Waals surface area contributed by atoms with Gasteiger partial charge < -0.3 is 4.57 Å². The Morgan fingerprint density at radius 2 is 1.74 bits per heavy atom. The van der Waals surface area contributed by atoms with Gasteiger partial charge in [0.05, 0.1) is 17.5 Å². The van der Waals surface area contributed by atoms with Crippen LogP contribution in [0.2, 0.25) is 0 Å². The molecule has 0 N–H and O–H groups in total. The van der Waals surface area contributed by atoms with E-state index in [4.69, 9.17) is 0 Å². The molecule has 3 heterocycles. The third-order valence-electron chi connectivity index (χ3n) is 3.76. The van der Waals surface area contributed by atoms with E-state index in [1.165, 1.54) is 0 Å². The highest BCUT2D eigenvalue weighted by Crippen LogP contribution is 2.29. The van der Waals surface area contributed by atoms with Gasteiger partial charge in [-0.1, -0.05) is 36.4 Å². The van der Waals surface area contributed by atoms with Crippen molar-refractivity contribution in [2.75, 3.05) is 0 Å². The number of fused-ring (bicyclic) bond motifs is 1. The van der Waals surface area contributed by atoms with E-state index >= 15 is 0 Å². The summed E-state index contributed by atoms with van der Waals surface area (Å²) in [4.78, 5) is 13.4. The Labute approximate surface area is 142 Å². The first-order valence-electron chi connectivity index (χ1n) is 7.27. The Balaban J connectivity index is 1.96. The predicted molar refractivity (Wildman–Crippen MR) is 93.1 cm³/mol. The van der Waals surface area contributed by atoms with Crippen LogP contribution < -0.4 is 0 Å². The Hall–Kier alpha value is -2.53. The molecule has 23 heavy (non-hydrogen) atoms. The summed E-state index contributed by atoms with van der Waals surface area (Å²) >= 11 is 3.49. The molecule has 0 saturated carbocycles. The van der Waals surface area contributed by atoms with E-state index in [-0.39, 0.29) is 6.04 Å². The topological polar surface area (TPSA) is 43.6 Å². The van der Waals surface area contributed by atoms with E-state index in [0.717, 1.165) is 26.9 Å². The first kappa shape index (κ1) is 14.1. The van der Waals surface area contributed by atoms with Crippen LogP contribution in [0.5, 0.6) is 0 Å². The van der Waals surface area contributed by atoms with Gasteiger partial charge in [0, 0.05) is 16.9 Å². The average molecular weight is 365 g/mol. The second kappa shape index (κ2) is 5.93. The molecule has 0 amide bonds. The third-order valence-corrected chi connectivity index (χ3v) is 4.19. The molecule has 4 nitrogen and oxygen atoms in total. The SMILES string of the molecule is Brc1cnc2ncn(C(c3ccccc3)c3ccccn3)c2c1. The second-order valence-electron chi connectivity index (χ2n) is 5.22. The first-order valence-corrected chi connectivity index (χ1v) is 8.06. The number of hydrogen-bond donors (Lipinski definition) is 0. The molecule has 0 spiro atoms. The molecule has 0 aliphatic carbocycles. The lowest BCUT2D eigenvalue weighted by Crippen LogP contribution is -2.12. The highest BCUT2D eigenvalue weighted by molar-refractivity contribution is 9.10. The van der Waals surface area contributed by atoms with Crippen molar-refractivity contribution >= 4 is 27.1 Å². The van der Waals surface area contributed by atoms with Gasteiger partial charge in [0.15, 0.2) is 5.65 Å². The van der Waals surface area contributed by atoms with Crippen molar-refractivity contribution < 1.29 is 0 Å². The van der Waals surface area contributed by atoms with Crippen LogP contribution in [0.25, 0.3) is 11.2 Å². The van der Waals surface area contributed by atoms with Crippen LogP contribution in [0, 0.1) is 0 Å².